The molecule has 0 heterocycles. The zero-order valence-corrected chi connectivity index (χ0v) is 10.4. The highest BCUT2D eigenvalue weighted by Crippen LogP contribution is 2.20. The summed E-state index contributed by atoms with van der Waals surface area (Å²) < 4.78 is 39.7. The number of halogens is 3. The number of carbonyl (C=O) groups is 1. The maximum atomic E-state index is 11.8. The Morgan fingerprint density at radius 2 is 2.11 bits per heavy atom. The number of alkyl halides is 3. The molecule has 1 aromatic rings. The standard InChI is InChI=1S/C12H15F3N2O2/c1-8-9(16)3-2-4-10(8)17-11(18)5-6-19-7-12(13,14)15/h2-4H,5-7,16H2,1H3,(H,17,18). The van der Waals surface area contributed by atoms with Crippen molar-refractivity contribution in [1.29, 1.82) is 0 Å². The van der Waals surface area contributed by atoms with Gasteiger partial charge in [-0.15, -0.1) is 0 Å². The Balaban J connectivity index is 2.38. The van der Waals surface area contributed by atoms with Gasteiger partial charge in [-0.2, -0.15) is 13.2 Å². The lowest BCUT2D eigenvalue weighted by molar-refractivity contribution is -0.174. The van der Waals surface area contributed by atoms with Gasteiger partial charge in [-0.25, -0.2) is 0 Å². The van der Waals surface area contributed by atoms with Crippen LogP contribution in [-0.2, 0) is 9.53 Å². The number of benzene rings is 1. The second kappa shape index (κ2) is 6.42. The third-order valence-corrected chi connectivity index (χ3v) is 2.39. The molecule has 0 spiro atoms. The summed E-state index contributed by atoms with van der Waals surface area (Å²) in [6, 6.07) is 5.04. The van der Waals surface area contributed by atoms with Gasteiger partial charge in [-0.1, -0.05) is 6.07 Å². The fraction of sp³-hybridized carbons (Fsp3) is 0.417. The number of carbonyl (C=O) groups excluding carboxylic acids is 1. The van der Waals surface area contributed by atoms with Gasteiger partial charge in [-0.3, -0.25) is 4.79 Å². The van der Waals surface area contributed by atoms with Crippen LogP contribution in [0.4, 0.5) is 24.5 Å². The van der Waals surface area contributed by atoms with Crippen LogP contribution in [0.3, 0.4) is 0 Å². The number of rotatable bonds is 5. The number of hydrogen-bond acceptors (Lipinski definition) is 3. The Morgan fingerprint density at radius 3 is 2.74 bits per heavy atom. The molecule has 0 aromatic heterocycles. The molecule has 7 heteroatoms. The largest absolute Gasteiger partial charge is 0.411 e. The molecule has 1 aromatic carbocycles. The van der Waals surface area contributed by atoms with E-state index in [4.69, 9.17) is 5.73 Å². The van der Waals surface area contributed by atoms with Gasteiger partial charge in [0.1, 0.15) is 6.61 Å². The fourth-order valence-corrected chi connectivity index (χ4v) is 1.35. The molecule has 0 bridgehead atoms. The van der Waals surface area contributed by atoms with Crippen molar-refractivity contribution in [2.45, 2.75) is 19.5 Å². The van der Waals surface area contributed by atoms with Crippen LogP contribution in [-0.4, -0.2) is 25.3 Å². The van der Waals surface area contributed by atoms with E-state index in [0.717, 1.165) is 0 Å². The normalized spacial score (nSPS) is 11.4. The average molecular weight is 276 g/mol. The zero-order valence-electron chi connectivity index (χ0n) is 10.4. The second-order valence-electron chi connectivity index (χ2n) is 3.99. The SMILES string of the molecule is Cc1c(N)cccc1NC(=O)CCOCC(F)(F)F. The summed E-state index contributed by atoms with van der Waals surface area (Å²) in [5, 5.41) is 2.57. The third kappa shape index (κ3) is 5.60. The minimum Gasteiger partial charge on any atom is -0.398 e. The predicted octanol–water partition coefficient (Wildman–Crippen LogP) is 2.48. The van der Waals surface area contributed by atoms with E-state index in [0.29, 0.717) is 16.9 Å². The van der Waals surface area contributed by atoms with Gasteiger partial charge < -0.3 is 15.8 Å². The van der Waals surface area contributed by atoms with Gasteiger partial charge in [0.2, 0.25) is 5.91 Å². The van der Waals surface area contributed by atoms with Crippen LogP contribution in [0, 0.1) is 6.92 Å². The minimum atomic E-state index is -4.37. The number of amides is 1. The quantitative estimate of drug-likeness (QED) is 0.641. The molecule has 19 heavy (non-hydrogen) atoms. The number of nitrogens with two attached hydrogens (primary N) is 1. The van der Waals surface area contributed by atoms with Crippen molar-refractivity contribution in [3.63, 3.8) is 0 Å². The number of nitrogens with one attached hydrogen (secondary N) is 1. The molecule has 0 aliphatic rings. The van der Waals surface area contributed by atoms with E-state index in [1.807, 2.05) is 0 Å². The van der Waals surface area contributed by atoms with Gasteiger partial charge in [0, 0.05) is 11.4 Å². The van der Waals surface area contributed by atoms with Gasteiger partial charge >= 0.3 is 6.18 Å². The first-order valence-electron chi connectivity index (χ1n) is 5.59. The monoisotopic (exact) mass is 276 g/mol. The molecule has 1 amide bonds. The van der Waals surface area contributed by atoms with Crippen molar-refractivity contribution in [1.82, 2.24) is 0 Å². The Kier molecular flexibility index (Phi) is 5.17. The van der Waals surface area contributed by atoms with Gasteiger partial charge in [-0.05, 0) is 24.6 Å². The van der Waals surface area contributed by atoms with Gasteiger partial charge in [0.05, 0.1) is 13.0 Å². The van der Waals surface area contributed by atoms with E-state index < -0.39 is 18.7 Å². The molecule has 0 radical (unpaired) electrons. The molecule has 0 atom stereocenters. The van der Waals surface area contributed by atoms with Crippen LogP contribution >= 0.6 is 0 Å². The summed E-state index contributed by atoms with van der Waals surface area (Å²) in [5.41, 5.74) is 7.46. The molecule has 0 saturated carbocycles. The van der Waals surface area contributed by atoms with Crippen molar-refractivity contribution in [2.24, 2.45) is 0 Å². The smallest absolute Gasteiger partial charge is 0.398 e. The van der Waals surface area contributed by atoms with Crippen LogP contribution < -0.4 is 11.1 Å². The summed E-state index contributed by atoms with van der Waals surface area (Å²) >= 11 is 0. The molecule has 1 rings (SSSR count). The predicted molar refractivity (Wildman–Crippen MR) is 65.7 cm³/mol. The number of ether oxygens (including phenoxy) is 1. The summed E-state index contributed by atoms with van der Waals surface area (Å²) in [4.78, 5) is 11.5. The van der Waals surface area contributed by atoms with Crippen LogP contribution in [0.15, 0.2) is 18.2 Å². The van der Waals surface area contributed by atoms with Crippen molar-refractivity contribution < 1.29 is 22.7 Å². The molecular weight excluding hydrogens is 261 g/mol. The molecule has 0 aliphatic carbocycles. The lowest BCUT2D eigenvalue weighted by Gasteiger charge is -2.10. The molecule has 0 saturated heterocycles. The van der Waals surface area contributed by atoms with Crippen molar-refractivity contribution in [3.8, 4) is 0 Å². The molecule has 0 unspecified atom stereocenters. The highest BCUT2D eigenvalue weighted by Gasteiger charge is 2.27. The van der Waals surface area contributed by atoms with Crippen molar-refractivity contribution in [3.05, 3.63) is 23.8 Å². The molecule has 0 fully saturated rings. The van der Waals surface area contributed by atoms with Gasteiger partial charge in [0.15, 0.2) is 0 Å². The molecule has 106 valence electrons. The van der Waals surface area contributed by atoms with Crippen LogP contribution in [0.1, 0.15) is 12.0 Å². The van der Waals surface area contributed by atoms with E-state index in [1.54, 1.807) is 25.1 Å². The number of nitrogen functional groups attached to an aromatic ring is 1. The zero-order chi connectivity index (χ0) is 14.5. The summed E-state index contributed by atoms with van der Waals surface area (Å²) in [5.74, 6) is -0.420. The highest BCUT2D eigenvalue weighted by molar-refractivity contribution is 5.92. The lowest BCUT2D eigenvalue weighted by Crippen LogP contribution is -2.20. The summed E-state index contributed by atoms with van der Waals surface area (Å²) in [7, 11) is 0. The minimum absolute atomic E-state index is 0.148. The second-order valence-corrected chi connectivity index (χ2v) is 3.99. The van der Waals surface area contributed by atoms with E-state index in [-0.39, 0.29) is 13.0 Å². The third-order valence-electron chi connectivity index (χ3n) is 2.39. The Bertz CT molecular complexity index is 447. The van der Waals surface area contributed by atoms with Crippen LogP contribution in [0.25, 0.3) is 0 Å². The summed E-state index contributed by atoms with van der Waals surface area (Å²) in [6.45, 7) is 0.107. The fourth-order valence-electron chi connectivity index (χ4n) is 1.35. The Hall–Kier alpha value is -1.76. The maximum absolute atomic E-state index is 11.8. The molecule has 0 aliphatic heterocycles. The first-order valence-corrected chi connectivity index (χ1v) is 5.59. The summed E-state index contributed by atoms with van der Waals surface area (Å²) in [6.07, 6.45) is -4.52. The first-order chi connectivity index (χ1) is 8.79. The molecule has 4 nitrogen and oxygen atoms in total. The van der Waals surface area contributed by atoms with Gasteiger partial charge in [0.25, 0.3) is 0 Å². The van der Waals surface area contributed by atoms with E-state index in [1.165, 1.54) is 0 Å². The molecular formula is C12H15F3N2O2. The molecule has 3 N–H and O–H groups in total. The topological polar surface area (TPSA) is 64.3 Å². The van der Waals surface area contributed by atoms with Crippen LogP contribution in [0.5, 0.6) is 0 Å². The first kappa shape index (κ1) is 15.3. The number of anilines is 2. The van der Waals surface area contributed by atoms with Crippen molar-refractivity contribution in [2.75, 3.05) is 24.3 Å². The van der Waals surface area contributed by atoms with Crippen molar-refractivity contribution >= 4 is 17.3 Å². The Labute approximate surface area is 108 Å². The highest BCUT2D eigenvalue weighted by atomic mass is 19.4. The lowest BCUT2D eigenvalue weighted by atomic mass is 10.1. The van der Waals surface area contributed by atoms with Crippen LogP contribution in [0.2, 0.25) is 0 Å². The maximum Gasteiger partial charge on any atom is 0.411 e. The Morgan fingerprint density at radius 1 is 1.42 bits per heavy atom. The van der Waals surface area contributed by atoms with E-state index >= 15 is 0 Å². The average Bonchev–Trinajstić information content (AvgIpc) is 2.29. The number of hydrogen-bond donors (Lipinski definition) is 2. The van der Waals surface area contributed by atoms with E-state index in [2.05, 4.69) is 10.1 Å². The van der Waals surface area contributed by atoms with E-state index in [9.17, 15) is 18.0 Å².